The molecule has 2 aromatic rings. The molecule has 4 nitrogen and oxygen atoms in total. The van der Waals surface area contributed by atoms with E-state index in [4.69, 9.17) is 4.74 Å². The second-order valence-electron chi connectivity index (χ2n) is 4.65. The molecule has 1 aromatic heterocycles. The number of nitrogens with one attached hydrogen (secondary N) is 2. The molecule has 21 heavy (non-hydrogen) atoms. The summed E-state index contributed by atoms with van der Waals surface area (Å²) < 4.78 is 5.25. The Kier molecular flexibility index (Phi) is 5.21. The number of benzene rings is 1. The van der Waals surface area contributed by atoms with E-state index in [0.717, 1.165) is 23.1 Å². The van der Waals surface area contributed by atoms with Gasteiger partial charge in [0.25, 0.3) is 0 Å². The zero-order chi connectivity index (χ0) is 15.1. The van der Waals surface area contributed by atoms with E-state index >= 15 is 0 Å². The van der Waals surface area contributed by atoms with Crippen LogP contribution in [0.1, 0.15) is 12.5 Å². The number of carbonyl (C=O) groups excluding carboxylic acids is 1. The fourth-order valence-corrected chi connectivity index (χ4v) is 2.12. The van der Waals surface area contributed by atoms with Gasteiger partial charge in [-0.25, -0.2) is 0 Å². The summed E-state index contributed by atoms with van der Waals surface area (Å²) in [5, 5.41) is 4.00. The molecular weight excluding hydrogens is 264 g/mol. The molecule has 110 valence electrons. The number of fused-ring (bicyclic) bond motifs is 1. The predicted molar refractivity (Wildman–Crippen MR) is 85.5 cm³/mol. The standard InChI is InChI=1S/C17H20N2O2/c1-3-4-5-6-17(20)18-10-9-13-12-19-16-8-7-14(21-2)11-15(13)16/h3-8,11-12,19H,9-10H2,1-2H3,(H,18,20)/b4-3+,6-5+. The van der Waals surface area contributed by atoms with Crippen molar-refractivity contribution in [2.45, 2.75) is 13.3 Å². The molecule has 1 aromatic carbocycles. The normalized spacial score (nSPS) is 11.5. The van der Waals surface area contributed by atoms with Crippen LogP contribution < -0.4 is 10.1 Å². The van der Waals surface area contributed by atoms with Gasteiger partial charge in [-0.15, -0.1) is 0 Å². The molecule has 0 aliphatic heterocycles. The zero-order valence-electron chi connectivity index (χ0n) is 12.3. The number of aromatic nitrogens is 1. The maximum atomic E-state index is 11.6. The van der Waals surface area contributed by atoms with Gasteiger partial charge in [-0.05, 0) is 37.1 Å². The fourth-order valence-electron chi connectivity index (χ4n) is 2.12. The van der Waals surface area contributed by atoms with Gasteiger partial charge >= 0.3 is 0 Å². The van der Waals surface area contributed by atoms with E-state index in [2.05, 4.69) is 10.3 Å². The molecule has 0 fully saturated rings. The van der Waals surface area contributed by atoms with E-state index in [1.54, 1.807) is 13.2 Å². The van der Waals surface area contributed by atoms with Gasteiger partial charge in [-0.2, -0.15) is 0 Å². The Morgan fingerprint density at radius 1 is 1.38 bits per heavy atom. The summed E-state index contributed by atoms with van der Waals surface area (Å²) in [4.78, 5) is 14.8. The number of methoxy groups -OCH3 is 1. The molecule has 0 spiro atoms. The second kappa shape index (κ2) is 7.33. The quantitative estimate of drug-likeness (QED) is 0.633. The molecule has 0 aliphatic carbocycles. The SMILES string of the molecule is C/C=C/C=C/C(=O)NCCc1c[nH]c2ccc(OC)cc12. The van der Waals surface area contributed by atoms with Crippen molar-refractivity contribution in [1.82, 2.24) is 10.3 Å². The van der Waals surface area contributed by atoms with Crippen molar-refractivity contribution in [3.63, 3.8) is 0 Å². The van der Waals surface area contributed by atoms with Crippen LogP contribution in [-0.2, 0) is 11.2 Å². The number of rotatable bonds is 6. The lowest BCUT2D eigenvalue weighted by Gasteiger charge is -2.03. The number of aromatic amines is 1. The number of hydrogen-bond donors (Lipinski definition) is 2. The average Bonchev–Trinajstić information content (AvgIpc) is 2.90. The van der Waals surface area contributed by atoms with Crippen LogP contribution in [-0.4, -0.2) is 24.5 Å². The van der Waals surface area contributed by atoms with Crippen molar-refractivity contribution in [3.8, 4) is 5.75 Å². The number of allylic oxidation sites excluding steroid dienone is 3. The van der Waals surface area contributed by atoms with Crippen LogP contribution in [0.4, 0.5) is 0 Å². The van der Waals surface area contributed by atoms with Crippen molar-refractivity contribution in [2.75, 3.05) is 13.7 Å². The highest BCUT2D eigenvalue weighted by Crippen LogP contribution is 2.23. The Bertz CT molecular complexity index is 668. The molecule has 0 atom stereocenters. The highest BCUT2D eigenvalue weighted by Gasteiger charge is 2.05. The summed E-state index contributed by atoms with van der Waals surface area (Å²) in [6.45, 7) is 2.51. The highest BCUT2D eigenvalue weighted by atomic mass is 16.5. The van der Waals surface area contributed by atoms with Gasteiger partial charge in [-0.1, -0.05) is 18.2 Å². The maximum Gasteiger partial charge on any atom is 0.243 e. The van der Waals surface area contributed by atoms with E-state index in [0.29, 0.717) is 6.54 Å². The molecule has 0 saturated carbocycles. The maximum absolute atomic E-state index is 11.6. The number of carbonyl (C=O) groups is 1. The lowest BCUT2D eigenvalue weighted by Crippen LogP contribution is -2.23. The lowest BCUT2D eigenvalue weighted by atomic mass is 10.1. The third-order valence-electron chi connectivity index (χ3n) is 3.22. The smallest absolute Gasteiger partial charge is 0.243 e. The first kappa shape index (κ1) is 14.9. The number of hydrogen-bond acceptors (Lipinski definition) is 2. The summed E-state index contributed by atoms with van der Waals surface area (Å²) in [5.41, 5.74) is 2.24. The summed E-state index contributed by atoms with van der Waals surface area (Å²) in [7, 11) is 1.66. The van der Waals surface area contributed by atoms with E-state index in [1.807, 2.05) is 43.5 Å². The van der Waals surface area contributed by atoms with Gasteiger partial charge in [0.2, 0.25) is 5.91 Å². The van der Waals surface area contributed by atoms with Crippen LogP contribution in [0.2, 0.25) is 0 Å². The van der Waals surface area contributed by atoms with Gasteiger partial charge in [-0.3, -0.25) is 4.79 Å². The van der Waals surface area contributed by atoms with Crippen LogP contribution in [0.3, 0.4) is 0 Å². The van der Waals surface area contributed by atoms with Gasteiger partial charge in [0.05, 0.1) is 7.11 Å². The van der Waals surface area contributed by atoms with Gasteiger partial charge < -0.3 is 15.0 Å². The Labute approximate surface area is 124 Å². The van der Waals surface area contributed by atoms with Crippen LogP contribution in [0.15, 0.2) is 48.7 Å². The topological polar surface area (TPSA) is 54.1 Å². The van der Waals surface area contributed by atoms with Crippen LogP contribution in [0.5, 0.6) is 5.75 Å². The minimum Gasteiger partial charge on any atom is -0.497 e. The molecule has 1 amide bonds. The molecule has 2 rings (SSSR count). The van der Waals surface area contributed by atoms with E-state index in [1.165, 1.54) is 11.6 Å². The summed E-state index contributed by atoms with van der Waals surface area (Å²) in [6.07, 6.45) is 9.71. The Morgan fingerprint density at radius 2 is 2.24 bits per heavy atom. The van der Waals surface area contributed by atoms with Crippen LogP contribution >= 0.6 is 0 Å². The molecule has 0 aliphatic rings. The van der Waals surface area contributed by atoms with Crippen LogP contribution in [0.25, 0.3) is 10.9 Å². The molecule has 4 heteroatoms. The monoisotopic (exact) mass is 284 g/mol. The first-order chi connectivity index (χ1) is 10.2. The Morgan fingerprint density at radius 3 is 3.00 bits per heavy atom. The lowest BCUT2D eigenvalue weighted by molar-refractivity contribution is -0.116. The Hall–Kier alpha value is -2.49. The van der Waals surface area contributed by atoms with Crippen molar-refractivity contribution < 1.29 is 9.53 Å². The molecule has 0 radical (unpaired) electrons. The van der Waals surface area contributed by atoms with Crippen molar-refractivity contribution >= 4 is 16.8 Å². The molecule has 0 unspecified atom stereocenters. The first-order valence-corrected chi connectivity index (χ1v) is 6.96. The molecule has 2 N–H and O–H groups in total. The number of H-pyrrole nitrogens is 1. The summed E-state index contributed by atoms with van der Waals surface area (Å²) in [5.74, 6) is 0.757. The second-order valence-corrected chi connectivity index (χ2v) is 4.65. The molecule has 0 bridgehead atoms. The van der Waals surface area contributed by atoms with Gasteiger partial charge in [0, 0.05) is 29.7 Å². The fraction of sp³-hybridized carbons (Fsp3) is 0.235. The van der Waals surface area contributed by atoms with E-state index in [-0.39, 0.29) is 5.91 Å². The van der Waals surface area contributed by atoms with Crippen LogP contribution in [0, 0.1) is 0 Å². The Balaban J connectivity index is 1.96. The highest BCUT2D eigenvalue weighted by molar-refractivity contribution is 5.88. The predicted octanol–water partition coefficient (Wildman–Crippen LogP) is 2.97. The van der Waals surface area contributed by atoms with Gasteiger partial charge in [0.15, 0.2) is 0 Å². The summed E-state index contributed by atoms with van der Waals surface area (Å²) in [6, 6.07) is 5.93. The first-order valence-electron chi connectivity index (χ1n) is 6.96. The molecule has 0 saturated heterocycles. The third kappa shape index (κ3) is 3.99. The van der Waals surface area contributed by atoms with Crippen molar-refractivity contribution in [2.24, 2.45) is 0 Å². The van der Waals surface area contributed by atoms with E-state index < -0.39 is 0 Å². The zero-order valence-corrected chi connectivity index (χ0v) is 12.3. The van der Waals surface area contributed by atoms with Crippen molar-refractivity contribution in [1.29, 1.82) is 0 Å². The van der Waals surface area contributed by atoms with Crippen molar-refractivity contribution in [3.05, 3.63) is 54.3 Å². The number of amides is 1. The minimum atomic E-state index is -0.0782. The van der Waals surface area contributed by atoms with E-state index in [9.17, 15) is 4.79 Å². The largest absolute Gasteiger partial charge is 0.497 e. The third-order valence-corrected chi connectivity index (χ3v) is 3.22. The average molecular weight is 284 g/mol. The minimum absolute atomic E-state index is 0.0782. The molecular formula is C17H20N2O2. The molecule has 1 heterocycles. The van der Waals surface area contributed by atoms with Gasteiger partial charge in [0.1, 0.15) is 5.75 Å². The number of ether oxygens (including phenoxy) is 1. The summed E-state index contributed by atoms with van der Waals surface area (Å²) >= 11 is 0.